The van der Waals surface area contributed by atoms with Crippen LogP contribution >= 0.6 is 39.1 Å². The summed E-state index contributed by atoms with van der Waals surface area (Å²) in [5.41, 5.74) is 0. The minimum atomic E-state index is 0.532. The van der Waals surface area contributed by atoms with E-state index in [1.54, 1.807) is 12.1 Å². The minimum absolute atomic E-state index is 0.532. The zero-order chi connectivity index (χ0) is 9.14. The smallest absolute Gasteiger partial charge is 0.139 e. The summed E-state index contributed by atoms with van der Waals surface area (Å²) < 4.78 is 6.04. The molecule has 12 heavy (non-hydrogen) atoms. The van der Waals surface area contributed by atoms with Crippen molar-refractivity contribution < 1.29 is 4.74 Å². The largest absolute Gasteiger partial charge is 0.492 e. The van der Waals surface area contributed by atoms with Gasteiger partial charge in [-0.3, -0.25) is 0 Å². The molecule has 66 valence electrons. The van der Waals surface area contributed by atoms with E-state index in [-0.39, 0.29) is 0 Å². The molecule has 0 aromatic heterocycles. The Labute approximate surface area is 89.7 Å². The van der Waals surface area contributed by atoms with Crippen molar-refractivity contribution in [3.8, 4) is 5.75 Å². The predicted octanol–water partition coefficient (Wildman–Crippen LogP) is 4.15. The molecule has 0 saturated carbocycles. The van der Waals surface area contributed by atoms with Gasteiger partial charge in [0.05, 0.1) is 16.7 Å². The van der Waals surface area contributed by atoms with Crippen molar-refractivity contribution in [1.29, 1.82) is 0 Å². The summed E-state index contributed by atoms with van der Waals surface area (Å²) in [7, 11) is 0. The van der Waals surface area contributed by atoms with Crippen LogP contribution in [0.5, 0.6) is 5.75 Å². The van der Waals surface area contributed by atoms with Gasteiger partial charge in [-0.05, 0) is 35.0 Å². The van der Waals surface area contributed by atoms with Crippen LogP contribution < -0.4 is 4.74 Å². The Morgan fingerprint density at radius 3 is 2.58 bits per heavy atom. The van der Waals surface area contributed by atoms with Crippen LogP contribution in [0.2, 0.25) is 10.0 Å². The summed E-state index contributed by atoms with van der Waals surface area (Å²) in [6.07, 6.45) is 0. The molecule has 0 aliphatic heterocycles. The molecule has 0 aliphatic rings. The lowest BCUT2D eigenvalue weighted by atomic mass is 10.3. The molecule has 4 heteroatoms. The zero-order valence-corrected chi connectivity index (χ0v) is 9.50. The van der Waals surface area contributed by atoms with Crippen LogP contribution in [0, 0.1) is 0 Å². The number of hydrogen-bond donors (Lipinski definition) is 0. The van der Waals surface area contributed by atoms with Gasteiger partial charge in [-0.1, -0.05) is 23.2 Å². The van der Waals surface area contributed by atoms with E-state index >= 15 is 0 Å². The Hall–Kier alpha value is 0.0800. The standard InChI is InChI=1S/C8H7BrCl2O/c1-2-12-8-3-5(9)6(10)4-7(8)11/h3-4H,2H2,1H3. The fourth-order valence-electron chi connectivity index (χ4n) is 0.770. The fourth-order valence-corrected chi connectivity index (χ4v) is 1.53. The summed E-state index contributed by atoms with van der Waals surface area (Å²) in [5, 5.41) is 1.12. The van der Waals surface area contributed by atoms with Gasteiger partial charge in [0.2, 0.25) is 0 Å². The molecule has 0 bridgehead atoms. The number of hydrogen-bond acceptors (Lipinski definition) is 1. The summed E-state index contributed by atoms with van der Waals surface area (Å²) in [4.78, 5) is 0. The van der Waals surface area contributed by atoms with Gasteiger partial charge in [0, 0.05) is 4.47 Å². The van der Waals surface area contributed by atoms with Crippen LogP contribution in [0.4, 0.5) is 0 Å². The number of rotatable bonds is 2. The summed E-state index contributed by atoms with van der Waals surface area (Å²) in [6.45, 7) is 2.49. The Morgan fingerprint density at radius 1 is 1.33 bits per heavy atom. The fraction of sp³-hybridized carbons (Fsp3) is 0.250. The normalized spacial score (nSPS) is 10.0. The van der Waals surface area contributed by atoms with Gasteiger partial charge in [0.25, 0.3) is 0 Å². The topological polar surface area (TPSA) is 9.23 Å². The Balaban J connectivity index is 3.05. The molecule has 0 atom stereocenters. The molecular weight excluding hydrogens is 263 g/mol. The third-order valence-electron chi connectivity index (χ3n) is 1.27. The molecule has 0 spiro atoms. The highest BCUT2D eigenvalue weighted by Crippen LogP contribution is 2.33. The maximum atomic E-state index is 5.85. The quantitative estimate of drug-likeness (QED) is 0.733. The molecule has 1 aromatic carbocycles. The first-order chi connectivity index (χ1) is 5.65. The van der Waals surface area contributed by atoms with Crippen molar-refractivity contribution in [2.24, 2.45) is 0 Å². The van der Waals surface area contributed by atoms with Gasteiger partial charge >= 0.3 is 0 Å². The number of benzene rings is 1. The van der Waals surface area contributed by atoms with E-state index in [2.05, 4.69) is 15.9 Å². The van der Waals surface area contributed by atoms with Gasteiger partial charge in [-0.15, -0.1) is 0 Å². The molecule has 0 saturated heterocycles. The first-order valence-electron chi connectivity index (χ1n) is 3.42. The first kappa shape index (κ1) is 10.2. The van der Waals surface area contributed by atoms with Gasteiger partial charge in [-0.25, -0.2) is 0 Å². The Morgan fingerprint density at radius 2 is 2.00 bits per heavy atom. The van der Waals surface area contributed by atoms with E-state index in [1.165, 1.54) is 0 Å². The maximum Gasteiger partial charge on any atom is 0.139 e. The summed E-state index contributed by atoms with van der Waals surface area (Å²) in [6, 6.07) is 3.41. The van der Waals surface area contributed by atoms with Crippen molar-refractivity contribution in [2.45, 2.75) is 6.92 Å². The monoisotopic (exact) mass is 268 g/mol. The van der Waals surface area contributed by atoms with Crippen LogP contribution in [0.25, 0.3) is 0 Å². The average Bonchev–Trinajstić information content (AvgIpc) is 2.01. The van der Waals surface area contributed by atoms with Crippen LogP contribution in [-0.2, 0) is 0 Å². The summed E-state index contributed by atoms with van der Waals surface area (Å²) in [5.74, 6) is 0.649. The van der Waals surface area contributed by atoms with Gasteiger partial charge in [-0.2, -0.15) is 0 Å². The van der Waals surface area contributed by atoms with Gasteiger partial charge < -0.3 is 4.74 Å². The van der Waals surface area contributed by atoms with E-state index in [9.17, 15) is 0 Å². The molecule has 1 nitrogen and oxygen atoms in total. The lowest BCUT2D eigenvalue weighted by Crippen LogP contribution is -1.92. The van der Waals surface area contributed by atoms with E-state index in [0.29, 0.717) is 22.4 Å². The SMILES string of the molecule is CCOc1cc(Br)c(Cl)cc1Cl. The van der Waals surface area contributed by atoms with Crippen LogP contribution in [0.3, 0.4) is 0 Å². The molecule has 0 fully saturated rings. The van der Waals surface area contributed by atoms with Gasteiger partial charge in [0.15, 0.2) is 0 Å². The second-order valence-corrected chi connectivity index (χ2v) is 3.80. The highest BCUT2D eigenvalue weighted by molar-refractivity contribution is 9.10. The highest BCUT2D eigenvalue weighted by Gasteiger charge is 2.05. The zero-order valence-electron chi connectivity index (χ0n) is 6.40. The van der Waals surface area contributed by atoms with Crippen LogP contribution in [0.1, 0.15) is 6.92 Å². The summed E-state index contributed by atoms with van der Waals surface area (Å²) >= 11 is 14.9. The van der Waals surface area contributed by atoms with Crippen LogP contribution in [0.15, 0.2) is 16.6 Å². The van der Waals surface area contributed by atoms with Gasteiger partial charge in [0.1, 0.15) is 5.75 Å². The van der Waals surface area contributed by atoms with E-state index < -0.39 is 0 Å². The molecule has 0 aliphatic carbocycles. The second-order valence-electron chi connectivity index (χ2n) is 2.13. The average molecular weight is 270 g/mol. The molecule has 0 unspecified atom stereocenters. The number of ether oxygens (including phenoxy) is 1. The van der Waals surface area contributed by atoms with Crippen molar-refractivity contribution >= 4 is 39.1 Å². The third kappa shape index (κ3) is 2.28. The molecule has 1 aromatic rings. The van der Waals surface area contributed by atoms with Crippen molar-refractivity contribution in [3.63, 3.8) is 0 Å². The van der Waals surface area contributed by atoms with E-state index in [0.717, 1.165) is 4.47 Å². The van der Waals surface area contributed by atoms with Crippen LogP contribution in [-0.4, -0.2) is 6.61 Å². The van der Waals surface area contributed by atoms with E-state index in [4.69, 9.17) is 27.9 Å². The molecule has 1 rings (SSSR count). The molecule has 0 amide bonds. The lowest BCUT2D eigenvalue weighted by molar-refractivity contribution is 0.340. The Kier molecular flexibility index (Phi) is 3.69. The lowest BCUT2D eigenvalue weighted by Gasteiger charge is -2.06. The van der Waals surface area contributed by atoms with Crippen molar-refractivity contribution in [1.82, 2.24) is 0 Å². The molecule has 0 radical (unpaired) electrons. The molecular formula is C8H7BrCl2O. The first-order valence-corrected chi connectivity index (χ1v) is 4.97. The second kappa shape index (κ2) is 4.35. The predicted molar refractivity (Wildman–Crippen MR) is 55.3 cm³/mol. The number of halogens is 3. The Bertz CT molecular complexity index is 289. The van der Waals surface area contributed by atoms with Crippen molar-refractivity contribution in [3.05, 3.63) is 26.7 Å². The third-order valence-corrected chi connectivity index (χ3v) is 2.77. The van der Waals surface area contributed by atoms with Crippen molar-refractivity contribution in [2.75, 3.05) is 6.61 Å². The minimum Gasteiger partial charge on any atom is -0.492 e. The molecule has 0 heterocycles. The highest BCUT2D eigenvalue weighted by atomic mass is 79.9. The molecule has 0 N–H and O–H groups in total. The maximum absolute atomic E-state index is 5.85. The van der Waals surface area contributed by atoms with E-state index in [1.807, 2.05) is 6.92 Å².